The second-order valence-electron chi connectivity index (χ2n) is 12.8. The van der Waals surface area contributed by atoms with Crippen LogP contribution < -0.4 is 0 Å². The number of aromatic nitrogens is 2. The van der Waals surface area contributed by atoms with Gasteiger partial charge in [-0.05, 0) is 59.4 Å². The van der Waals surface area contributed by atoms with Gasteiger partial charge in [0, 0.05) is 53.4 Å². The van der Waals surface area contributed by atoms with Gasteiger partial charge >= 0.3 is 0 Å². The fraction of sp³-hybridized carbons (Fsp3) is 0.244. The molecule has 0 saturated heterocycles. The van der Waals surface area contributed by atoms with Crippen LogP contribution in [-0.4, -0.2) is 9.97 Å². The van der Waals surface area contributed by atoms with Gasteiger partial charge in [0.15, 0.2) is 0 Å². The summed E-state index contributed by atoms with van der Waals surface area (Å²) in [5.41, 5.74) is 8.78. The van der Waals surface area contributed by atoms with Crippen molar-refractivity contribution in [3.8, 4) is 22.5 Å². The second-order valence-corrected chi connectivity index (χ2v) is 12.8. The van der Waals surface area contributed by atoms with Gasteiger partial charge in [-0.3, -0.25) is 0 Å². The zero-order valence-corrected chi connectivity index (χ0v) is 30.8. The van der Waals surface area contributed by atoms with Crippen LogP contribution in [0.25, 0.3) is 44.5 Å². The number of pyridine rings is 2. The van der Waals surface area contributed by atoms with Crippen molar-refractivity contribution < 1.29 is 34.1 Å². The summed E-state index contributed by atoms with van der Waals surface area (Å²) in [6.45, 7) is 5.98. The molecule has 49 heavy (non-hydrogen) atoms. The molecular weight excluding hydrogens is 777 g/mol. The number of nitrogens with zero attached hydrogens (tertiary/aromatic N) is 2. The molecule has 1 unspecified atom stereocenters. The average molecular weight is 828 g/mol. The van der Waals surface area contributed by atoms with Crippen molar-refractivity contribution in [2.24, 2.45) is 5.92 Å². The first-order chi connectivity index (χ1) is 25.9. The van der Waals surface area contributed by atoms with Crippen molar-refractivity contribution in [1.29, 1.82) is 0 Å². The summed E-state index contributed by atoms with van der Waals surface area (Å²) in [6.07, 6.45) is 3.81. The van der Waals surface area contributed by atoms with Gasteiger partial charge in [0.05, 0.1) is 5.58 Å². The van der Waals surface area contributed by atoms with Crippen LogP contribution >= 0.6 is 0 Å². The average Bonchev–Trinajstić information content (AvgIpc) is 3.54. The molecular formula is C45H44IrN2O-2. The summed E-state index contributed by atoms with van der Waals surface area (Å²) in [4.78, 5) is 8.88. The molecule has 0 amide bonds. The minimum Gasteiger partial charge on any atom is -0.501 e. The van der Waals surface area contributed by atoms with E-state index < -0.39 is 19.6 Å². The van der Waals surface area contributed by atoms with Gasteiger partial charge in [-0.2, -0.15) is 0 Å². The molecule has 0 spiro atoms. The molecule has 3 heterocycles. The molecule has 0 aliphatic heterocycles. The monoisotopic (exact) mass is 828 g/mol. The SMILES string of the molecule is [2H]C(C)(c1ccccc1)c1ccnc(-c2[c-]cc(C(C)C)c3c2oc2ccccc23)c1.[2H]C([2H])([2H])c1c[c-]c(-c2cc(CC(C)C)c(C([2H])([2H])[2H])cn2)cc1.[Ir]. The van der Waals surface area contributed by atoms with Crippen molar-refractivity contribution in [2.75, 3.05) is 0 Å². The minimum atomic E-state index is -2.20. The third-order valence-electron chi connectivity index (χ3n) is 8.47. The summed E-state index contributed by atoms with van der Waals surface area (Å²) in [7, 11) is 0. The molecule has 4 heteroatoms. The summed E-state index contributed by atoms with van der Waals surface area (Å²) in [5, 5.41) is 2.24. The number of furan rings is 1. The van der Waals surface area contributed by atoms with Crippen molar-refractivity contribution in [3.05, 3.63) is 155 Å². The summed E-state index contributed by atoms with van der Waals surface area (Å²) in [5.74, 6) is -0.227. The summed E-state index contributed by atoms with van der Waals surface area (Å²) >= 11 is 0. The van der Waals surface area contributed by atoms with Crippen molar-refractivity contribution >= 4 is 21.9 Å². The fourth-order valence-electron chi connectivity index (χ4n) is 5.93. The minimum absolute atomic E-state index is 0. The van der Waals surface area contributed by atoms with E-state index in [4.69, 9.17) is 14.0 Å². The Morgan fingerprint density at radius 2 is 1.59 bits per heavy atom. The van der Waals surface area contributed by atoms with E-state index in [-0.39, 0.29) is 31.2 Å². The molecule has 1 atom stereocenters. The first kappa shape index (κ1) is 27.5. The maximum absolute atomic E-state index is 9.05. The van der Waals surface area contributed by atoms with Gasteiger partial charge in [0.25, 0.3) is 0 Å². The standard InChI is InChI=1S/C28H24NO.C17H20N.Ir/c1-18(2)22-13-14-23(28-27(22)24-11-7-8-12-26(24)30-28)25-17-21(15-16-29-25)19(3)20-9-5-4-6-10-20;1-12(2)9-16-10-17(18-11-14(16)4)15-7-5-13(3)6-8-15;/h4-13,15-19H,1-3H3;5-7,10-12H,9H2,1-4H3;/q2*-1;/i19D;3D3,4D3;. The Labute approximate surface area is 315 Å². The van der Waals surface area contributed by atoms with E-state index in [9.17, 15) is 0 Å². The van der Waals surface area contributed by atoms with Gasteiger partial charge < -0.3 is 14.4 Å². The molecule has 3 aromatic heterocycles. The smallest absolute Gasteiger partial charge is 0.120 e. The Bertz CT molecular complexity index is 2420. The quantitative estimate of drug-likeness (QED) is 0.150. The molecule has 7 aromatic rings. The van der Waals surface area contributed by atoms with Crippen molar-refractivity contribution in [2.45, 2.75) is 66.6 Å². The topological polar surface area (TPSA) is 38.9 Å². The number of aryl methyl sites for hydroxylation is 2. The van der Waals surface area contributed by atoms with Crippen LogP contribution in [0.15, 0.2) is 114 Å². The zero-order valence-electron chi connectivity index (χ0n) is 35.4. The van der Waals surface area contributed by atoms with Gasteiger partial charge in [-0.25, -0.2) is 0 Å². The second kappa shape index (κ2) is 15.9. The number of hydrogen-bond donors (Lipinski definition) is 0. The molecule has 0 saturated carbocycles. The van der Waals surface area contributed by atoms with Crippen LogP contribution in [0.2, 0.25) is 0 Å². The van der Waals surface area contributed by atoms with Crippen LogP contribution in [-0.2, 0) is 26.5 Å². The number of hydrogen-bond acceptors (Lipinski definition) is 3. The van der Waals surface area contributed by atoms with E-state index in [0.29, 0.717) is 29.5 Å². The van der Waals surface area contributed by atoms with E-state index in [0.717, 1.165) is 49.9 Å². The zero-order chi connectivity index (χ0) is 39.7. The van der Waals surface area contributed by atoms with Gasteiger partial charge in [0.1, 0.15) is 5.58 Å². The molecule has 1 radical (unpaired) electrons. The predicted molar refractivity (Wildman–Crippen MR) is 200 cm³/mol. The van der Waals surface area contributed by atoms with Crippen LogP contribution in [0.4, 0.5) is 0 Å². The van der Waals surface area contributed by atoms with Crippen LogP contribution in [0, 0.1) is 31.8 Å². The molecule has 0 aliphatic rings. The number of fused-ring (bicyclic) bond motifs is 3. The van der Waals surface area contributed by atoms with E-state index >= 15 is 0 Å². The maximum Gasteiger partial charge on any atom is 0.120 e. The number of rotatable bonds is 7. The van der Waals surface area contributed by atoms with Crippen LogP contribution in [0.1, 0.15) is 89.4 Å². The molecule has 7 rings (SSSR count). The molecule has 0 aliphatic carbocycles. The number of para-hydroxylation sites is 1. The maximum atomic E-state index is 9.05. The number of benzene rings is 4. The van der Waals surface area contributed by atoms with Gasteiger partial charge in [-0.1, -0.05) is 125 Å². The van der Waals surface area contributed by atoms with Crippen molar-refractivity contribution in [1.82, 2.24) is 9.97 Å². The van der Waals surface area contributed by atoms with Gasteiger partial charge in [0.2, 0.25) is 0 Å². The first-order valence-corrected chi connectivity index (χ1v) is 16.4. The summed E-state index contributed by atoms with van der Waals surface area (Å²) < 4.78 is 60.5. The first-order valence-electron chi connectivity index (χ1n) is 19.9. The molecule has 251 valence electrons. The fourth-order valence-corrected chi connectivity index (χ4v) is 5.93. The Morgan fingerprint density at radius 3 is 2.31 bits per heavy atom. The molecule has 3 nitrogen and oxygen atoms in total. The normalized spacial score (nSPS) is 15.0. The molecule has 0 fully saturated rings. The van der Waals surface area contributed by atoms with E-state index in [1.807, 2.05) is 81.4 Å². The predicted octanol–water partition coefficient (Wildman–Crippen LogP) is 12.1. The Kier molecular flexibility index (Phi) is 8.90. The third kappa shape index (κ3) is 8.10. The summed E-state index contributed by atoms with van der Waals surface area (Å²) in [6, 6.07) is 36.8. The molecule has 0 bridgehead atoms. The molecule has 0 N–H and O–H groups in total. The Morgan fingerprint density at radius 1 is 0.796 bits per heavy atom. The van der Waals surface area contributed by atoms with E-state index in [2.05, 4.69) is 48.1 Å². The van der Waals surface area contributed by atoms with Gasteiger partial charge in [-0.15, -0.1) is 53.1 Å². The largest absolute Gasteiger partial charge is 0.501 e. The van der Waals surface area contributed by atoms with Crippen LogP contribution in [0.3, 0.4) is 0 Å². The molecule has 4 aromatic carbocycles. The van der Waals surface area contributed by atoms with E-state index in [1.165, 1.54) is 23.9 Å². The Hall–Kier alpha value is -4.37. The Balaban J connectivity index is 0.000000218. The van der Waals surface area contributed by atoms with Crippen molar-refractivity contribution in [3.63, 3.8) is 0 Å². The van der Waals surface area contributed by atoms with E-state index in [1.54, 1.807) is 18.3 Å². The van der Waals surface area contributed by atoms with Crippen LogP contribution in [0.5, 0.6) is 0 Å². The third-order valence-corrected chi connectivity index (χ3v) is 8.47.